The molecule has 1 aromatic carbocycles. The third-order valence-electron chi connectivity index (χ3n) is 5.98. The van der Waals surface area contributed by atoms with E-state index in [9.17, 15) is 4.79 Å². The Labute approximate surface area is 206 Å². The number of hydrogen-bond donors (Lipinski definition) is 1. The number of thiophene rings is 1. The van der Waals surface area contributed by atoms with Gasteiger partial charge >= 0.3 is 0 Å². The Hall–Kier alpha value is -2.98. The lowest BCUT2D eigenvalue weighted by molar-refractivity contribution is 0.713. The third-order valence-corrected chi connectivity index (χ3v) is 8.10. The molecule has 5 rings (SSSR count). The predicted octanol–water partition coefficient (Wildman–Crippen LogP) is 4.15. The minimum atomic E-state index is 0.00495. The van der Waals surface area contributed by atoms with Crippen molar-refractivity contribution in [3.8, 4) is 5.69 Å². The minimum absolute atomic E-state index is 0.00495. The number of nitrogen functional groups attached to an aromatic ring is 1. The van der Waals surface area contributed by atoms with E-state index < -0.39 is 0 Å². The van der Waals surface area contributed by atoms with Crippen LogP contribution in [-0.4, -0.2) is 38.6 Å². The highest BCUT2D eigenvalue weighted by atomic mass is 32.2. The molecule has 0 aliphatic heterocycles. The first kappa shape index (κ1) is 22.8. The van der Waals surface area contributed by atoms with Gasteiger partial charge in [0.2, 0.25) is 11.9 Å². The van der Waals surface area contributed by atoms with Gasteiger partial charge in [0.15, 0.2) is 5.16 Å². The standard InChI is InChI=1S/C24H27N7OS2/c1-14-9-7-8-11-16(14)31-21(32)19-15-10-5-4-6-12-17(15)34-20(19)28-24(31)33-13-18-26-22(25)29-23(27-18)30(2)3/h7-9,11H,4-6,10,12-13H2,1-3H3,(H2,25,26,27,29). The fraction of sp³-hybridized carbons (Fsp3) is 0.375. The summed E-state index contributed by atoms with van der Waals surface area (Å²) in [5.41, 5.74) is 8.99. The first-order valence-electron chi connectivity index (χ1n) is 11.4. The molecule has 0 saturated heterocycles. The van der Waals surface area contributed by atoms with E-state index in [1.165, 1.54) is 35.0 Å². The number of thioether (sulfide) groups is 1. The molecule has 0 saturated carbocycles. The highest BCUT2D eigenvalue weighted by Crippen LogP contribution is 2.35. The Bertz CT molecular complexity index is 1430. The largest absolute Gasteiger partial charge is 0.368 e. The zero-order chi connectivity index (χ0) is 23.8. The second kappa shape index (κ2) is 9.34. The topological polar surface area (TPSA) is 103 Å². The van der Waals surface area contributed by atoms with Crippen LogP contribution in [0.1, 0.15) is 41.1 Å². The maximum atomic E-state index is 14.0. The van der Waals surface area contributed by atoms with Gasteiger partial charge in [-0.1, -0.05) is 36.4 Å². The molecule has 0 radical (unpaired) electrons. The highest BCUT2D eigenvalue weighted by molar-refractivity contribution is 7.98. The second-order valence-electron chi connectivity index (χ2n) is 8.66. The summed E-state index contributed by atoms with van der Waals surface area (Å²) < 4.78 is 1.76. The average Bonchev–Trinajstić information content (AvgIpc) is 2.99. The van der Waals surface area contributed by atoms with Crippen LogP contribution < -0.4 is 16.2 Å². The minimum Gasteiger partial charge on any atom is -0.368 e. The summed E-state index contributed by atoms with van der Waals surface area (Å²) in [4.78, 5) is 35.9. The summed E-state index contributed by atoms with van der Waals surface area (Å²) in [6.45, 7) is 2.02. The predicted molar refractivity (Wildman–Crippen MR) is 139 cm³/mol. The molecule has 0 amide bonds. The van der Waals surface area contributed by atoms with Gasteiger partial charge in [0.05, 0.1) is 16.8 Å². The summed E-state index contributed by atoms with van der Waals surface area (Å²) in [6.07, 6.45) is 5.47. The molecule has 0 spiro atoms. The molecule has 4 aromatic rings. The molecular weight excluding hydrogens is 466 g/mol. The molecule has 176 valence electrons. The number of rotatable bonds is 5. The molecular formula is C24H27N7OS2. The van der Waals surface area contributed by atoms with E-state index in [-0.39, 0.29) is 11.5 Å². The first-order valence-corrected chi connectivity index (χ1v) is 13.2. The van der Waals surface area contributed by atoms with Crippen molar-refractivity contribution >= 4 is 45.2 Å². The van der Waals surface area contributed by atoms with Crippen LogP contribution in [0.5, 0.6) is 0 Å². The van der Waals surface area contributed by atoms with Gasteiger partial charge in [-0.05, 0) is 49.8 Å². The van der Waals surface area contributed by atoms with Gasteiger partial charge in [0.25, 0.3) is 5.56 Å². The van der Waals surface area contributed by atoms with Crippen LogP contribution in [0, 0.1) is 6.92 Å². The van der Waals surface area contributed by atoms with Crippen LogP contribution in [-0.2, 0) is 18.6 Å². The number of para-hydroxylation sites is 1. The van der Waals surface area contributed by atoms with Crippen molar-refractivity contribution in [3.05, 3.63) is 56.4 Å². The number of fused-ring (bicyclic) bond motifs is 3. The Balaban J connectivity index is 1.64. The molecule has 3 heterocycles. The molecule has 8 nitrogen and oxygen atoms in total. The van der Waals surface area contributed by atoms with E-state index in [4.69, 9.17) is 10.7 Å². The van der Waals surface area contributed by atoms with Crippen molar-refractivity contribution in [2.75, 3.05) is 24.7 Å². The van der Waals surface area contributed by atoms with Crippen LogP contribution in [0.4, 0.5) is 11.9 Å². The first-order chi connectivity index (χ1) is 16.4. The molecule has 1 aliphatic rings. The fourth-order valence-electron chi connectivity index (χ4n) is 4.31. The molecule has 0 bridgehead atoms. The zero-order valence-electron chi connectivity index (χ0n) is 19.5. The van der Waals surface area contributed by atoms with Crippen molar-refractivity contribution in [2.24, 2.45) is 0 Å². The van der Waals surface area contributed by atoms with Crippen molar-refractivity contribution in [1.29, 1.82) is 0 Å². The molecule has 0 unspecified atom stereocenters. The molecule has 0 atom stereocenters. The Morgan fingerprint density at radius 3 is 2.68 bits per heavy atom. The van der Waals surface area contributed by atoms with Gasteiger partial charge in [-0.2, -0.15) is 15.0 Å². The molecule has 1 aliphatic carbocycles. The highest BCUT2D eigenvalue weighted by Gasteiger charge is 2.23. The van der Waals surface area contributed by atoms with Crippen LogP contribution in [0.2, 0.25) is 0 Å². The van der Waals surface area contributed by atoms with Crippen molar-refractivity contribution < 1.29 is 0 Å². The molecule has 0 fully saturated rings. The lowest BCUT2D eigenvalue weighted by Gasteiger charge is -2.15. The number of benzene rings is 1. The van der Waals surface area contributed by atoms with E-state index in [1.54, 1.807) is 20.8 Å². The number of aromatic nitrogens is 5. The van der Waals surface area contributed by atoms with E-state index >= 15 is 0 Å². The molecule has 10 heteroatoms. The quantitative estimate of drug-likeness (QED) is 0.251. The van der Waals surface area contributed by atoms with Gasteiger partial charge in [0, 0.05) is 19.0 Å². The van der Waals surface area contributed by atoms with Gasteiger partial charge < -0.3 is 10.6 Å². The summed E-state index contributed by atoms with van der Waals surface area (Å²) in [5.74, 6) is 1.65. The maximum absolute atomic E-state index is 14.0. The summed E-state index contributed by atoms with van der Waals surface area (Å²) in [6, 6.07) is 7.93. The van der Waals surface area contributed by atoms with Crippen molar-refractivity contribution in [2.45, 2.75) is 49.9 Å². The second-order valence-corrected chi connectivity index (χ2v) is 10.7. The number of hydrogen-bond acceptors (Lipinski definition) is 9. The summed E-state index contributed by atoms with van der Waals surface area (Å²) in [5, 5.41) is 1.42. The number of aryl methyl sites for hydroxylation is 3. The number of anilines is 2. The van der Waals surface area contributed by atoms with E-state index in [0.717, 1.165) is 40.7 Å². The van der Waals surface area contributed by atoms with Crippen molar-refractivity contribution in [1.82, 2.24) is 24.5 Å². The number of nitrogens with two attached hydrogens (primary N) is 1. The lowest BCUT2D eigenvalue weighted by Crippen LogP contribution is -2.23. The Morgan fingerprint density at radius 1 is 1.09 bits per heavy atom. The van der Waals surface area contributed by atoms with E-state index in [2.05, 4.69) is 15.0 Å². The van der Waals surface area contributed by atoms with E-state index in [0.29, 0.717) is 22.7 Å². The Kier molecular flexibility index (Phi) is 6.26. The van der Waals surface area contributed by atoms with Gasteiger partial charge in [0.1, 0.15) is 10.7 Å². The van der Waals surface area contributed by atoms with Crippen LogP contribution in [0.15, 0.2) is 34.2 Å². The maximum Gasteiger partial charge on any atom is 0.267 e. The zero-order valence-corrected chi connectivity index (χ0v) is 21.2. The lowest BCUT2D eigenvalue weighted by atomic mass is 10.1. The molecule has 3 aromatic heterocycles. The fourth-order valence-corrected chi connectivity index (χ4v) is 6.47. The normalized spacial score (nSPS) is 13.6. The van der Waals surface area contributed by atoms with Gasteiger partial charge in [-0.25, -0.2) is 4.98 Å². The van der Waals surface area contributed by atoms with Gasteiger partial charge in [-0.15, -0.1) is 11.3 Å². The van der Waals surface area contributed by atoms with Crippen LogP contribution in [0.3, 0.4) is 0 Å². The Morgan fingerprint density at radius 2 is 1.88 bits per heavy atom. The third kappa shape index (κ3) is 4.27. The SMILES string of the molecule is Cc1ccccc1-n1c(SCc2nc(N)nc(N(C)C)n2)nc2sc3c(c2c1=O)CCCCC3. The number of nitrogens with zero attached hydrogens (tertiary/aromatic N) is 6. The smallest absolute Gasteiger partial charge is 0.267 e. The summed E-state index contributed by atoms with van der Waals surface area (Å²) in [7, 11) is 3.72. The van der Waals surface area contributed by atoms with Crippen LogP contribution >= 0.6 is 23.1 Å². The van der Waals surface area contributed by atoms with E-state index in [1.807, 2.05) is 45.3 Å². The van der Waals surface area contributed by atoms with Crippen LogP contribution in [0.25, 0.3) is 15.9 Å². The summed E-state index contributed by atoms with van der Waals surface area (Å²) >= 11 is 3.12. The molecule has 2 N–H and O–H groups in total. The molecule has 34 heavy (non-hydrogen) atoms. The van der Waals surface area contributed by atoms with Gasteiger partial charge in [-0.3, -0.25) is 9.36 Å². The van der Waals surface area contributed by atoms with Crippen molar-refractivity contribution in [3.63, 3.8) is 0 Å². The monoisotopic (exact) mass is 493 g/mol. The average molecular weight is 494 g/mol.